The Morgan fingerprint density at radius 2 is 1.59 bits per heavy atom. The molecule has 2 atom stereocenters. The highest BCUT2D eigenvalue weighted by molar-refractivity contribution is 5.80. The largest absolute Gasteiger partial charge is 0.364 e. The average Bonchev–Trinajstić information content (AvgIpc) is 2.55. The Morgan fingerprint density at radius 1 is 0.955 bits per heavy atom. The van der Waals surface area contributed by atoms with E-state index in [1.807, 2.05) is 30.3 Å². The minimum absolute atomic E-state index is 0.00554. The van der Waals surface area contributed by atoms with Gasteiger partial charge < -0.3 is 4.74 Å². The molecule has 1 aliphatic rings. The Bertz CT molecular complexity index is 699. The molecular weight excluding hydrogens is 282 g/mol. The number of benzene rings is 2. The molecule has 0 unspecified atom stereocenters. The van der Waals surface area contributed by atoms with E-state index in [0.29, 0.717) is 12.0 Å². The van der Waals surface area contributed by atoms with Crippen molar-refractivity contribution in [1.82, 2.24) is 0 Å². The molecule has 0 N–H and O–H groups in total. The number of ketones is 1. The molecule has 1 saturated heterocycles. The molecule has 5 nitrogen and oxygen atoms in total. The van der Waals surface area contributed by atoms with Gasteiger partial charge >= 0.3 is 0 Å². The van der Waals surface area contributed by atoms with Crippen LogP contribution in [0.5, 0.6) is 0 Å². The van der Waals surface area contributed by atoms with Crippen molar-refractivity contribution < 1.29 is 14.5 Å². The van der Waals surface area contributed by atoms with Crippen LogP contribution in [0.2, 0.25) is 0 Å². The Morgan fingerprint density at radius 3 is 2.32 bits per heavy atom. The van der Waals surface area contributed by atoms with E-state index < -0.39 is 11.0 Å². The molecule has 0 saturated carbocycles. The number of Topliss-reactive ketones (excluding diaryl/α,β-unsaturated/α-hetero) is 1. The van der Waals surface area contributed by atoms with Crippen molar-refractivity contribution in [2.75, 3.05) is 0 Å². The first-order valence-electron chi connectivity index (χ1n) is 7.10. The Hall–Kier alpha value is -2.53. The number of nitro benzene ring substituents is 1. The summed E-state index contributed by atoms with van der Waals surface area (Å²) in [4.78, 5) is 22.8. The van der Waals surface area contributed by atoms with Gasteiger partial charge in [-0.25, -0.2) is 0 Å². The second kappa shape index (κ2) is 6.07. The van der Waals surface area contributed by atoms with Gasteiger partial charge in [-0.1, -0.05) is 42.5 Å². The fourth-order valence-corrected chi connectivity index (χ4v) is 2.76. The molecule has 5 heteroatoms. The van der Waals surface area contributed by atoms with Crippen molar-refractivity contribution in [3.05, 3.63) is 75.8 Å². The van der Waals surface area contributed by atoms with E-state index >= 15 is 0 Å². The number of nitrogens with zero attached hydrogens (tertiary/aromatic N) is 1. The smallest absolute Gasteiger partial charge is 0.275 e. The van der Waals surface area contributed by atoms with E-state index in [9.17, 15) is 14.9 Å². The van der Waals surface area contributed by atoms with Crippen LogP contribution in [0.25, 0.3) is 0 Å². The van der Waals surface area contributed by atoms with Gasteiger partial charge in [-0.3, -0.25) is 14.9 Å². The third kappa shape index (κ3) is 2.89. The molecule has 2 aromatic carbocycles. The first kappa shape index (κ1) is 14.4. The van der Waals surface area contributed by atoms with E-state index in [4.69, 9.17) is 4.74 Å². The standard InChI is InChI=1S/C17H15NO4/c19-13-10-16(12-6-2-1-3-7-12)22-17(11-13)14-8-4-5-9-15(14)18(20)21/h1-9,16-17H,10-11H2/t16-,17+/m0/s1. The summed E-state index contributed by atoms with van der Waals surface area (Å²) in [6.45, 7) is 0. The maximum atomic E-state index is 12.1. The molecule has 0 spiro atoms. The fourth-order valence-electron chi connectivity index (χ4n) is 2.76. The molecule has 2 aromatic rings. The average molecular weight is 297 g/mol. The first-order chi connectivity index (χ1) is 10.6. The van der Waals surface area contributed by atoms with E-state index in [1.54, 1.807) is 18.2 Å². The van der Waals surface area contributed by atoms with Gasteiger partial charge in [0.2, 0.25) is 0 Å². The highest BCUT2D eigenvalue weighted by atomic mass is 16.6. The van der Waals surface area contributed by atoms with Crippen LogP contribution in [0.3, 0.4) is 0 Å². The number of carbonyl (C=O) groups is 1. The maximum Gasteiger partial charge on any atom is 0.275 e. The molecule has 1 fully saturated rings. The number of para-hydroxylation sites is 1. The van der Waals surface area contributed by atoms with Gasteiger partial charge in [-0.2, -0.15) is 0 Å². The second-order valence-corrected chi connectivity index (χ2v) is 5.29. The van der Waals surface area contributed by atoms with Gasteiger partial charge in [0.15, 0.2) is 0 Å². The molecule has 3 rings (SSSR count). The van der Waals surface area contributed by atoms with Crippen LogP contribution in [0, 0.1) is 10.1 Å². The number of hydrogen-bond donors (Lipinski definition) is 0. The summed E-state index contributed by atoms with van der Waals surface area (Å²) >= 11 is 0. The van der Waals surface area contributed by atoms with Crippen molar-refractivity contribution in [3.8, 4) is 0 Å². The summed E-state index contributed by atoms with van der Waals surface area (Å²) in [7, 11) is 0. The number of nitro groups is 1. The monoisotopic (exact) mass is 297 g/mol. The SMILES string of the molecule is O=C1C[C@@H](c2ccccc2)O[C@@H](c2ccccc2[N+](=O)[O-])C1. The molecule has 0 radical (unpaired) electrons. The molecule has 0 aliphatic carbocycles. The summed E-state index contributed by atoms with van der Waals surface area (Å²) in [5.74, 6) is 0.0586. The van der Waals surface area contributed by atoms with Crippen LogP contribution in [0.15, 0.2) is 54.6 Å². The third-order valence-corrected chi connectivity index (χ3v) is 3.81. The van der Waals surface area contributed by atoms with Crippen LogP contribution in [-0.4, -0.2) is 10.7 Å². The zero-order valence-corrected chi connectivity index (χ0v) is 11.8. The number of carbonyl (C=O) groups excluding carboxylic acids is 1. The van der Waals surface area contributed by atoms with Crippen LogP contribution in [0.1, 0.15) is 36.2 Å². The van der Waals surface area contributed by atoms with Crippen molar-refractivity contribution in [3.63, 3.8) is 0 Å². The quantitative estimate of drug-likeness (QED) is 0.639. The van der Waals surface area contributed by atoms with Crippen molar-refractivity contribution in [2.45, 2.75) is 25.0 Å². The van der Waals surface area contributed by atoms with Crippen LogP contribution < -0.4 is 0 Å². The van der Waals surface area contributed by atoms with Gasteiger partial charge in [-0.05, 0) is 11.6 Å². The summed E-state index contributed by atoms with van der Waals surface area (Å²) in [6.07, 6.45) is -0.449. The Kier molecular flexibility index (Phi) is 3.98. The first-order valence-corrected chi connectivity index (χ1v) is 7.10. The minimum Gasteiger partial charge on any atom is -0.364 e. The molecule has 112 valence electrons. The van der Waals surface area contributed by atoms with Crippen LogP contribution in [0.4, 0.5) is 5.69 Å². The lowest BCUT2D eigenvalue weighted by Gasteiger charge is -2.29. The maximum absolute atomic E-state index is 12.1. The molecule has 0 aromatic heterocycles. The third-order valence-electron chi connectivity index (χ3n) is 3.81. The molecule has 22 heavy (non-hydrogen) atoms. The summed E-state index contributed by atoms with van der Waals surface area (Å²) < 4.78 is 5.99. The fraction of sp³-hybridized carbons (Fsp3) is 0.235. The Labute approximate surface area is 127 Å². The summed E-state index contributed by atoms with van der Waals surface area (Å²) in [6, 6.07) is 15.9. The number of ether oxygens (including phenoxy) is 1. The summed E-state index contributed by atoms with van der Waals surface area (Å²) in [5.41, 5.74) is 1.37. The highest BCUT2D eigenvalue weighted by Crippen LogP contribution is 2.39. The lowest BCUT2D eigenvalue weighted by Crippen LogP contribution is -2.23. The highest BCUT2D eigenvalue weighted by Gasteiger charge is 2.33. The minimum atomic E-state index is -0.576. The van der Waals surface area contributed by atoms with Gasteiger partial charge in [0.25, 0.3) is 5.69 Å². The van der Waals surface area contributed by atoms with Crippen molar-refractivity contribution in [2.24, 2.45) is 0 Å². The van der Waals surface area contributed by atoms with Gasteiger partial charge in [0.1, 0.15) is 5.78 Å². The second-order valence-electron chi connectivity index (χ2n) is 5.29. The predicted molar refractivity (Wildman–Crippen MR) is 80.3 cm³/mol. The normalized spacial score (nSPS) is 21.5. The molecular formula is C17H15NO4. The predicted octanol–water partition coefficient (Wildman–Crippen LogP) is 3.76. The molecule has 0 amide bonds. The topological polar surface area (TPSA) is 69.4 Å². The molecule has 1 heterocycles. The Balaban J connectivity index is 1.92. The van der Waals surface area contributed by atoms with Crippen molar-refractivity contribution in [1.29, 1.82) is 0 Å². The zero-order valence-electron chi connectivity index (χ0n) is 11.8. The van der Waals surface area contributed by atoms with E-state index in [1.165, 1.54) is 6.07 Å². The van der Waals surface area contributed by atoms with Crippen LogP contribution in [-0.2, 0) is 9.53 Å². The molecule has 0 bridgehead atoms. The van der Waals surface area contributed by atoms with E-state index in [0.717, 1.165) is 5.56 Å². The lowest BCUT2D eigenvalue weighted by molar-refractivity contribution is -0.386. The van der Waals surface area contributed by atoms with E-state index in [2.05, 4.69) is 0 Å². The zero-order chi connectivity index (χ0) is 15.5. The summed E-state index contributed by atoms with van der Waals surface area (Å²) in [5, 5.41) is 11.2. The van der Waals surface area contributed by atoms with Crippen LogP contribution >= 0.6 is 0 Å². The lowest BCUT2D eigenvalue weighted by atomic mass is 9.93. The number of hydrogen-bond acceptors (Lipinski definition) is 4. The van der Waals surface area contributed by atoms with Gasteiger partial charge in [0, 0.05) is 18.9 Å². The molecule has 1 aliphatic heterocycles. The number of rotatable bonds is 3. The van der Waals surface area contributed by atoms with Gasteiger partial charge in [-0.15, -0.1) is 0 Å². The van der Waals surface area contributed by atoms with E-state index in [-0.39, 0.29) is 24.0 Å². The van der Waals surface area contributed by atoms with Gasteiger partial charge in [0.05, 0.1) is 22.7 Å². The van der Waals surface area contributed by atoms with Crippen molar-refractivity contribution >= 4 is 11.5 Å².